The molecule has 0 radical (unpaired) electrons. The maximum atomic E-state index is 4.39. The fraction of sp³-hybridized carbons (Fsp3) is 0.105. The van der Waals surface area contributed by atoms with Gasteiger partial charge in [-0.15, -0.1) is 0 Å². The molecule has 0 saturated carbocycles. The molecule has 3 aromatic rings. The minimum absolute atomic E-state index is 1.01. The van der Waals surface area contributed by atoms with Gasteiger partial charge in [0.25, 0.3) is 0 Å². The van der Waals surface area contributed by atoms with Crippen LogP contribution in [0.25, 0.3) is 22.4 Å². The van der Waals surface area contributed by atoms with E-state index in [1.54, 1.807) is 0 Å². The Morgan fingerprint density at radius 2 is 1.30 bits per heavy atom. The summed E-state index contributed by atoms with van der Waals surface area (Å²) >= 11 is 0. The molecule has 3 rings (SSSR count). The molecular weight excluding hydrogens is 242 g/mol. The molecule has 0 aliphatic heterocycles. The highest BCUT2D eigenvalue weighted by Gasteiger charge is 2.05. The number of hydrogen-bond acceptors (Lipinski definition) is 1. The van der Waals surface area contributed by atoms with E-state index < -0.39 is 0 Å². The molecule has 0 fully saturated rings. The monoisotopic (exact) mass is 259 g/mol. The Morgan fingerprint density at radius 1 is 0.650 bits per heavy atom. The summed E-state index contributed by atoms with van der Waals surface area (Å²) in [5, 5.41) is 0. The van der Waals surface area contributed by atoms with E-state index in [1.165, 1.54) is 22.3 Å². The molecule has 98 valence electrons. The van der Waals surface area contributed by atoms with E-state index in [9.17, 15) is 0 Å². The first-order chi connectivity index (χ1) is 9.75. The van der Waals surface area contributed by atoms with Crippen molar-refractivity contribution in [3.8, 4) is 22.4 Å². The van der Waals surface area contributed by atoms with Crippen LogP contribution in [0.5, 0.6) is 0 Å². The van der Waals surface area contributed by atoms with Crippen LogP contribution < -0.4 is 0 Å². The quantitative estimate of drug-likeness (QED) is 0.628. The third-order valence-electron chi connectivity index (χ3n) is 3.62. The third kappa shape index (κ3) is 2.35. The van der Waals surface area contributed by atoms with Gasteiger partial charge in [-0.2, -0.15) is 0 Å². The molecule has 0 amide bonds. The molecule has 0 aliphatic carbocycles. The maximum Gasteiger partial charge on any atom is 0.0701 e. The van der Waals surface area contributed by atoms with Crippen molar-refractivity contribution in [2.75, 3.05) is 0 Å². The predicted molar refractivity (Wildman–Crippen MR) is 84.6 cm³/mol. The molecule has 2 aromatic carbocycles. The molecule has 20 heavy (non-hydrogen) atoms. The summed E-state index contributed by atoms with van der Waals surface area (Å²) in [4.78, 5) is 4.39. The molecule has 0 saturated heterocycles. The first-order valence-electron chi connectivity index (χ1n) is 6.84. The molecule has 0 N–H and O–H groups in total. The van der Waals surface area contributed by atoms with Crippen molar-refractivity contribution in [1.29, 1.82) is 0 Å². The average Bonchev–Trinajstić information content (AvgIpc) is 2.49. The molecule has 0 unspecified atom stereocenters. The minimum atomic E-state index is 1.01. The normalized spacial score (nSPS) is 10.5. The molecule has 1 nitrogen and oxygen atoms in total. The number of nitrogens with zero attached hydrogens (tertiary/aromatic N) is 1. The molecule has 0 spiro atoms. The Bertz CT molecular complexity index is 692. The fourth-order valence-corrected chi connectivity index (χ4v) is 2.61. The van der Waals surface area contributed by atoms with Crippen LogP contribution in [-0.4, -0.2) is 4.98 Å². The van der Waals surface area contributed by atoms with Crippen LogP contribution in [0.2, 0.25) is 0 Å². The highest BCUT2D eigenvalue weighted by molar-refractivity contribution is 5.73. The van der Waals surface area contributed by atoms with Crippen LogP contribution in [-0.2, 0) is 0 Å². The van der Waals surface area contributed by atoms with Crippen LogP contribution in [0.3, 0.4) is 0 Å². The smallest absolute Gasteiger partial charge is 0.0701 e. The van der Waals surface area contributed by atoms with E-state index in [2.05, 4.69) is 61.3 Å². The molecule has 0 atom stereocenters. The fourth-order valence-electron chi connectivity index (χ4n) is 2.61. The number of aryl methyl sites for hydroxylation is 2. The van der Waals surface area contributed by atoms with Gasteiger partial charge in [0.2, 0.25) is 0 Å². The van der Waals surface area contributed by atoms with Gasteiger partial charge in [0.1, 0.15) is 0 Å². The zero-order valence-corrected chi connectivity index (χ0v) is 11.8. The first kappa shape index (κ1) is 12.6. The summed E-state index contributed by atoms with van der Waals surface area (Å²) in [5.41, 5.74) is 7.40. The Labute approximate surface area is 119 Å². The largest absolute Gasteiger partial charge is 0.256 e. The molecule has 1 heterocycles. The van der Waals surface area contributed by atoms with Crippen LogP contribution in [0.15, 0.2) is 66.9 Å². The van der Waals surface area contributed by atoms with Crippen LogP contribution in [0.4, 0.5) is 0 Å². The van der Waals surface area contributed by atoms with Crippen molar-refractivity contribution in [3.63, 3.8) is 0 Å². The van der Waals surface area contributed by atoms with Gasteiger partial charge in [-0.05, 0) is 48.2 Å². The SMILES string of the molecule is Cc1cccc(C)c1-c1ccc(-c2ccccn2)cc1. The lowest BCUT2D eigenvalue weighted by molar-refractivity contribution is 1.32. The van der Waals surface area contributed by atoms with Gasteiger partial charge in [0, 0.05) is 11.8 Å². The van der Waals surface area contributed by atoms with Crippen molar-refractivity contribution >= 4 is 0 Å². The lowest BCUT2D eigenvalue weighted by Crippen LogP contribution is -1.88. The minimum Gasteiger partial charge on any atom is -0.256 e. The second-order valence-electron chi connectivity index (χ2n) is 5.06. The molecule has 1 heteroatoms. The number of aromatic nitrogens is 1. The number of benzene rings is 2. The van der Waals surface area contributed by atoms with E-state index in [4.69, 9.17) is 0 Å². The number of hydrogen-bond donors (Lipinski definition) is 0. The second-order valence-corrected chi connectivity index (χ2v) is 5.06. The van der Waals surface area contributed by atoms with Gasteiger partial charge in [-0.3, -0.25) is 4.98 Å². The Balaban J connectivity index is 2.02. The van der Waals surface area contributed by atoms with E-state index in [1.807, 2.05) is 24.4 Å². The summed E-state index contributed by atoms with van der Waals surface area (Å²) < 4.78 is 0. The van der Waals surface area contributed by atoms with Crippen molar-refractivity contribution in [1.82, 2.24) is 4.98 Å². The van der Waals surface area contributed by atoms with E-state index >= 15 is 0 Å². The summed E-state index contributed by atoms with van der Waals surface area (Å²) in [7, 11) is 0. The topological polar surface area (TPSA) is 12.9 Å². The van der Waals surface area contributed by atoms with Crippen LogP contribution in [0, 0.1) is 13.8 Å². The summed E-state index contributed by atoms with van der Waals surface area (Å²) in [6, 6.07) is 21.1. The Kier molecular flexibility index (Phi) is 3.34. The standard InChI is InChI=1S/C19H17N/c1-14-6-5-7-15(2)19(14)17-11-9-16(10-12-17)18-8-3-4-13-20-18/h3-13H,1-2H3. The van der Waals surface area contributed by atoms with Crippen molar-refractivity contribution in [2.45, 2.75) is 13.8 Å². The van der Waals surface area contributed by atoms with Crippen molar-refractivity contribution in [3.05, 3.63) is 78.0 Å². The van der Waals surface area contributed by atoms with Crippen LogP contribution in [0.1, 0.15) is 11.1 Å². The number of rotatable bonds is 2. The van der Waals surface area contributed by atoms with Gasteiger partial charge in [-0.1, -0.05) is 48.5 Å². The summed E-state index contributed by atoms with van der Waals surface area (Å²) in [5.74, 6) is 0. The van der Waals surface area contributed by atoms with Crippen LogP contribution >= 0.6 is 0 Å². The van der Waals surface area contributed by atoms with E-state index in [-0.39, 0.29) is 0 Å². The summed E-state index contributed by atoms with van der Waals surface area (Å²) in [6.07, 6.45) is 1.83. The zero-order valence-electron chi connectivity index (χ0n) is 11.8. The highest BCUT2D eigenvalue weighted by atomic mass is 14.7. The van der Waals surface area contributed by atoms with E-state index in [0.29, 0.717) is 0 Å². The summed E-state index contributed by atoms with van der Waals surface area (Å²) in [6.45, 7) is 4.32. The Morgan fingerprint density at radius 3 is 1.90 bits per heavy atom. The second kappa shape index (κ2) is 5.30. The van der Waals surface area contributed by atoms with Gasteiger partial charge in [0.05, 0.1) is 5.69 Å². The van der Waals surface area contributed by atoms with E-state index in [0.717, 1.165) is 11.3 Å². The van der Waals surface area contributed by atoms with Crippen molar-refractivity contribution < 1.29 is 0 Å². The van der Waals surface area contributed by atoms with Gasteiger partial charge in [-0.25, -0.2) is 0 Å². The lowest BCUT2D eigenvalue weighted by atomic mass is 9.95. The molecule has 0 bridgehead atoms. The molecular formula is C19H17N. The molecule has 0 aliphatic rings. The van der Waals surface area contributed by atoms with Gasteiger partial charge in [0.15, 0.2) is 0 Å². The first-order valence-corrected chi connectivity index (χ1v) is 6.84. The predicted octanol–water partition coefficient (Wildman–Crippen LogP) is 5.03. The van der Waals surface area contributed by atoms with Gasteiger partial charge >= 0.3 is 0 Å². The van der Waals surface area contributed by atoms with Gasteiger partial charge < -0.3 is 0 Å². The third-order valence-corrected chi connectivity index (χ3v) is 3.62. The molecule has 1 aromatic heterocycles. The number of pyridine rings is 1. The average molecular weight is 259 g/mol. The maximum absolute atomic E-state index is 4.39. The lowest BCUT2D eigenvalue weighted by Gasteiger charge is -2.10. The highest BCUT2D eigenvalue weighted by Crippen LogP contribution is 2.28. The Hall–Kier alpha value is -2.41. The zero-order chi connectivity index (χ0) is 13.9. The van der Waals surface area contributed by atoms with Crippen molar-refractivity contribution in [2.24, 2.45) is 0 Å².